The van der Waals surface area contributed by atoms with E-state index in [-0.39, 0.29) is 17.6 Å². The van der Waals surface area contributed by atoms with Gasteiger partial charge in [-0.15, -0.1) is 0 Å². The molecule has 2 N–H and O–H groups in total. The van der Waals surface area contributed by atoms with Crippen molar-refractivity contribution in [3.63, 3.8) is 0 Å². The zero-order valence-electron chi connectivity index (χ0n) is 9.82. The summed E-state index contributed by atoms with van der Waals surface area (Å²) >= 11 is 5.94. The smallest absolute Gasteiger partial charge is 0.124 e. The molecule has 2 aromatic rings. The van der Waals surface area contributed by atoms with Crippen molar-refractivity contribution in [2.24, 2.45) is 0 Å². The third-order valence-electron chi connectivity index (χ3n) is 2.71. The molecule has 0 aliphatic rings. The Labute approximate surface area is 110 Å². The average Bonchev–Trinajstić information content (AvgIpc) is 2.33. The molecule has 4 heteroatoms. The van der Waals surface area contributed by atoms with E-state index >= 15 is 0 Å². The molecular weight excluding hydrogens is 253 g/mol. The van der Waals surface area contributed by atoms with E-state index in [1.807, 2.05) is 19.1 Å². The van der Waals surface area contributed by atoms with Gasteiger partial charge in [-0.1, -0.05) is 29.8 Å². The maximum absolute atomic E-state index is 12.9. The highest BCUT2D eigenvalue weighted by Crippen LogP contribution is 2.30. The number of anilines is 1. The van der Waals surface area contributed by atoms with Crippen molar-refractivity contribution in [2.75, 3.05) is 5.32 Å². The van der Waals surface area contributed by atoms with Crippen LogP contribution in [0.4, 0.5) is 10.1 Å². The molecule has 0 aliphatic carbocycles. The number of phenolic OH excluding ortho intramolecular Hbond substituents is 1. The topological polar surface area (TPSA) is 32.3 Å². The Balaban J connectivity index is 2.21. The summed E-state index contributed by atoms with van der Waals surface area (Å²) in [6, 6.07) is 11.1. The maximum Gasteiger partial charge on any atom is 0.124 e. The summed E-state index contributed by atoms with van der Waals surface area (Å²) in [5.74, 6) is -0.156. The van der Waals surface area contributed by atoms with Crippen LogP contribution in [0.15, 0.2) is 42.5 Å². The number of hydrogen-bond donors (Lipinski definition) is 2. The van der Waals surface area contributed by atoms with Gasteiger partial charge in [0.25, 0.3) is 0 Å². The Morgan fingerprint density at radius 3 is 2.61 bits per heavy atom. The molecule has 0 radical (unpaired) electrons. The zero-order valence-corrected chi connectivity index (χ0v) is 10.6. The average molecular weight is 266 g/mol. The van der Waals surface area contributed by atoms with Gasteiger partial charge in [0, 0.05) is 5.56 Å². The number of nitrogens with one attached hydrogen (secondary N) is 1. The van der Waals surface area contributed by atoms with Gasteiger partial charge in [-0.3, -0.25) is 0 Å². The molecule has 2 aromatic carbocycles. The Kier molecular flexibility index (Phi) is 3.72. The van der Waals surface area contributed by atoms with Crippen LogP contribution in [0.3, 0.4) is 0 Å². The first-order valence-corrected chi connectivity index (χ1v) is 5.95. The van der Waals surface area contributed by atoms with Crippen molar-refractivity contribution in [1.29, 1.82) is 0 Å². The lowest BCUT2D eigenvalue weighted by Gasteiger charge is -2.17. The number of hydrogen-bond acceptors (Lipinski definition) is 2. The van der Waals surface area contributed by atoms with Gasteiger partial charge < -0.3 is 10.4 Å². The largest absolute Gasteiger partial charge is 0.508 e. The quantitative estimate of drug-likeness (QED) is 0.864. The maximum atomic E-state index is 12.9. The number of halogens is 2. The van der Waals surface area contributed by atoms with Gasteiger partial charge in [0.15, 0.2) is 0 Å². The van der Waals surface area contributed by atoms with Crippen LogP contribution in [-0.4, -0.2) is 5.11 Å². The van der Waals surface area contributed by atoms with Crippen molar-refractivity contribution >= 4 is 17.3 Å². The number of para-hydroxylation sites is 1. The number of aromatic hydroxyl groups is 1. The summed E-state index contributed by atoms with van der Waals surface area (Å²) in [6.07, 6.45) is 0. The highest BCUT2D eigenvalue weighted by molar-refractivity contribution is 6.33. The van der Waals surface area contributed by atoms with Crippen LogP contribution in [0, 0.1) is 5.82 Å². The highest BCUT2D eigenvalue weighted by Gasteiger charge is 2.11. The van der Waals surface area contributed by atoms with Crippen LogP contribution in [0.25, 0.3) is 0 Å². The molecular formula is C14H13ClFNO. The SMILES string of the molecule is CC(Nc1ccc(F)cc1Cl)c1ccccc1O. The molecule has 2 nitrogen and oxygen atoms in total. The van der Waals surface area contributed by atoms with E-state index in [4.69, 9.17) is 11.6 Å². The lowest BCUT2D eigenvalue weighted by molar-refractivity contribution is 0.465. The molecule has 0 fully saturated rings. The van der Waals surface area contributed by atoms with Gasteiger partial charge in [0.1, 0.15) is 11.6 Å². The summed E-state index contributed by atoms with van der Waals surface area (Å²) < 4.78 is 12.9. The van der Waals surface area contributed by atoms with Crippen LogP contribution in [0.2, 0.25) is 5.02 Å². The minimum Gasteiger partial charge on any atom is -0.508 e. The number of phenols is 1. The van der Waals surface area contributed by atoms with Crippen LogP contribution in [-0.2, 0) is 0 Å². The second kappa shape index (κ2) is 5.27. The Bertz CT molecular complexity index is 559. The van der Waals surface area contributed by atoms with E-state index in [0.29, 0.717) is 10.7 Å². The van der Waals surface area contributed by atoms with Gasteiger partial charge in [-0.25, -0.2) is 4.39 Å². The molecule has 1 atom stereocenters. The molecule has 0 amide bonds. The lowest BCUT2D eigenvalue weighted by Crippen LogP contribution is -2.07. The molecule has 0 heterocycles. The lowest BCUT2D eigenvalue weighted by atomic mass is 10.1. The molecule has 0 saturated heterocycles. The second-order valence-corrected chi connectivity index (χ2v) is 4.46. The van der Waals surface area contributed by atoms with Crippen LogP contribution < -0.4 is 5.32 Å². The van der Waals surface area contributed by atoms with Crippen molar-refractivity contribution in [3.05, 3.63) is 58.9 Å². The fourth-order valence-corrected chi connectivity index (χ4v) is 1.99. The van der Waals surface area contributed by atoms with E-state index in [9.17, 15) is 9.50 Å². The van der Waals surface area contributed by atoms with Crippen molar-refractivity contribution < 1.29 is 9.50 Å². The number of rotatable bonds is 3. The summed E-state index contributed by atoms with van der Waals surface area (Å²) in [4.78, 5) is 0. The van der Waals surface area contributed by atoms with E-state index < -0.39 is 0 Å². The number of benzene rings is 2. The van der Waals surface area contributed by atoms with Gasteiger partial charge >= 0.3 is 0 Å². The molecule has 0 spiro atoms. The normalized spacial score (nSPS) is 12.2. The van der Waals surface area contributed by atoms with Crippen molar-refractivity contribution in [2.45, 2.75) is 13.0 Å². The van der Waals surface area contributed by atoms with Gasteiger partial charge in [-0.2, -0.15) is 0 Å². The minimum absolute atomic E-state index is 0.130. The minimum atomic E-state index is -0.374. The molecule has 0 saturated carbocycles. The molecule has 0 aliphatic heterocycles. The second-order valence-electron chi connectivity index (χ2n) is 4.05. The summed E-state index contributed by atoms with van der Waals surface area (Å²) in [5, 5.41) is 13.2. The fourth-order valence-electron chi connectivity index (χ4n) is 1.77. The van der Waals surface area contributed by atoms with Gasteiger partial charge in [0.2, 0.25) is 0 Å². The standard InChI is InChI=1S/C14H13ClFNO/c1-9(11-4-2-3-5-14(11)18)17-13-7-6-10(16)8-12(13)15/h2-9,17-18H,1H3. The summed E-state index contributed by atoms with van der Waals surface area (Å²) in [7, 11) is 0. The summed E-state index contributed by atoms with van der Waals surface area (Å²) in [5.41, 5.74) is 1.40. The van der Waals surface area contributed by atoms with Crippen LogP contribution >= 0.6 is 11.6 Å². The highest BCUT2D eigenvalue weighted by atomic mass is 35.5. The van der Waals surface area contributed by atoms with Crippen LogP contribution in [0.1, 0.15) is 18.5 Å². The monoisotopic (exact) mass is 265 g/mol. The molecule has 18 heavy (non-hydrogen) atoms. The molecule has 0 bridgehead atoms. The predicted octanol–water partition coefficient (Wildman–Crippen LogP) is 4.36. The third-order valence-corrected chi connectivity index (χ3v) is 3.02. The first-order chi connectivity index (χ1) is 8.58. The first-order valence-electron chi connectivity index (χ1n) is 5.57. The predicted molar refractivity (Wildman–Crippen MR) is 71.6 cm³/mol. The molecule has 0 aromatic heterocycles. The van der Waals surface area contributed by atoms with E-state index in [0.717, 1.165) is 5.56 Å². The Morgan fingerprint density at radius 1 is 1.22 bits per heavy atom. The van der Waals surface area contributed by atoms with Crippen molar-refractivity contribution in [3.8, 4) is 5.75 Å². The zero-order chi connectivity index (χ0) is 13.1. The molecule has 2 rings (SSSR count). The van der Waals surface area contributed by atoms with E-state index in [2.05, 4.69) is 5.32 Å². The Hall–Kier alpha value is -1.74. The molecule has 94 valence electrons. The first kappa shape index (κ1) is 12.7. The van der Waals surface area contributed by atoms with Gasteiger partial charge in [-0.05, 0) is 31.2 Å². The fraction of sp³-hybridized carbons (Fsp3) is 0.143. The van der Waals surface area contributed by atoms with E-state index in [1.54, 1.807) is 18.2 Å². The van der Waals surface area contributed by atoms with Gasteiger partial charge in [0.05, 0.1) is 16.8 Å². The van der Waals surface area contributed by atoms with Crippen molar-refractivity contribution in [1.82, 2.24) is 0 Å². The summed E-state index contributed by atoms with van der Waals surface area (Å²) in [6.45, 7) is 1.90. The van der Waals surface area contributed by atoms with E-state index in [1.165, 1.54) is 12.1 Å². The Morgan fingerprint density at radius 2 is 1.94 bits per heavy atom. The third kappa shape index (κ3) is 2.74. The molecule has 1 unspecified atom stereocenters. The van der Waals surface area contributed by atoms with Crippen LogP contribution in [0.5, 0.6) is 5.75 Å².